The lowest BCUT2D eigenvalue weighted by Crippen LogP contribution is -2.37. The summed E-state index contributed by atoms with van der Waals surface area (Å²) < 4.78 is 27.1. The molecular weight excluding hydrogens is 408 g/mol. The van der Waals surface area contributed by atoms with E-state index in [9.17, 15) is 23.3 Å². The van der Waals surface area contributed by atoms with Crippen LogP contribution in [-0.2, 0) is 10.0 Å². The third-order valence-electron chi connectivity index (χ3n) is 4.80. The number of nitrogens with zero attached hydrogens (tertiary/aromatic N) is 2. The van der Waals surface area contributed by atoms with Crippen LogP contribution in [0, 0.1) is 10.1 Å². The Bertz CT molecular complexity index is 1060. The average Bonchev–Trinajstić information content (AvgIpc) is 2.78. The predicted octanol–water partition coefficient (Wildman–Crippen LogP) is 2.67. The quantitative estimate of drug-likeness (QED) is 0.514. The molecule has 1 heterocycles. The summed E-state index contributed by atoms with van der Waals surface area (Å²) in [5, 5.41) is 10.7. The number of nitro groups is 1. The van der Waals surface area contributed by atoms with Crippen LogP contribution in [0.15, 0.2) is 60.0 Å². The molecule has 0 bridgehead atoms. The second-order valence-electron chi connectivity index (χ2n) is 6.85. The smallest absolute Gasteiger partial charge is 0.269 e. The number of carbonyl (C=O) groups is 1. The number of rotatable bonds is 7. The van der Waals surface area contributed by atoms with Gasteiger partial charge >= 0.3 is 0 Å². The molecule has 0 aliphatic carbocycles. The van der Waals surface area contributed by atoms with Gasteiger partial charge in [0.1, 0.15) is 0 Å². The molecule has 9 nitrogen and oxygen atoms in total. The summed E-state index contributed by atoms with van der Waals surface area (Å²) in [6, 6.07) is 11.5. The molecule has 1 saturated heterocycles. The molecule has 0 atom stereocenters. The molecule has 2 aromatic carbocycles. The fourth-order valence-corrected chi connectivity index (χ4v) is 4.68. The number of sulfonamides is 1. The van der Waals surface area contributed by atoms with Crippen molar-refractivity contribution in [3.8, 4) is 0 Å². The van der Waals surface area contributed by atoms with E-state index in [0.29, 0.717) is 24.4 Å². The molecule has 2 aromatic rings. The van der Waals surface area contributed by atoms with Crippen molar-refractivity contribution in [1.82, 2.24) is 15.2 Å². The van der Waals surface area contributed by atoms with Crippen LogP contribution in [0.2, 0.25) is 0 Å². The van der Waals surface area contributed by atoms with Crippen LogP contribution in [0.25, 0.3) is 5.70 Å². The molecule has 0 radical (unpaired) electrons. The van der Waals surface area contributed by atoms with Crippen molar-refractivity contribution in [3.05, 3.63) is 76.4 Å². The molecule has 30 heavy (non-hydrogen) atoms. The first-order valence-electron chi connectivity index (χ1n) is 9.39. The summed E-state index contributed by atoms with van der Waals surface area (Å²) in [6.07, 6.45) is 2.67. The van der Waals surface area contributed by atoms with E-state index in [-0.39, 0.29) is 16.1 Å². The number of carbonyl (C=O) groups excluding carboxylic acids is 1. The van der Waals surface area contributed by atoms with Gasteiger partial charge in [-0.1, -0.05) is 19.1 Å². The molecule has 1 fully saturated rings. The highest BCUT2D eigenvalue weighted by atomic mass is 32.2. The number of non-ortho nitro benzene ring substituents is 1. The first kappa shape index (κ1) is 21.5. The van der Waals surface area contributed by atoms with E-state index in [2.05, 4.69) is 17.4 Å². The maximum absolute atomic E-state index is 12.8. The van der Waals surface area contributed by atoms with Crippen molar-refractivity contribution >= 4 is 27.3 Å². The van der Waals surface area contributed by atoms with Crippen LogP contribution < -0.4 is 10.9 Å². The van der Waals surface area contributed by atoms with E-state index < -0.39 is 20.9 Å². The second-order valence-corrected chi connectivity index (χ2v) is 8.79. The van der Waals surface area contributed by atoms with Crippen LogP contribution in [0.3, 0.4) is 0 Å². The molecule has 2 N–H and O–H groups in total. The summed E-state index contributed by atoms with van der Waals surface area (Å²) in [6.45, 7) is 4.75. The largest absolute Gasteiger partial charge is 0.298 e. The van der Waals surface area contributed by atoms with Gasteiger partial charge in [-0.05, 0) is 48.7 Å². The van der Waals surface area contributed by atoms with Crippen LogP contribution >= 0.6 is 0 Å². The Balaban J connectivity index is 1.66. The van der Waals surface area contributed by atoms with Crippen molar-refractivity contribution in [2.45, 2.75) is 24.2 Å². The van der Waals surface area contributed by atoms with Gasteiger partial charge in [-0.25, -0.2) is 8.42 Å². The molecule has 3 rings (SSSR count). The van der Waals surface area contributed by atoms with Gasteiger partial charge in [-0.2, -0.15) is 4.31 Å². The molecule has 10 heteroatoms. The van der Waals surface area contributed by atoms with E-state index in [1.54, 1.807) is 0 Å². The van der Waals surface area contributed by atoms with Crippen molar-refractivity contribution < 1.29 is 18.1 Å². The van der Waals surface area contributed by atoms with E-state index in [1.807, 2.05) is 0 Å². The number of amides is 1. The summed E-state index contributed by atoms with van der Waals surface area (Å²) in [7, 11) is -3.64. The van der Waals surface area contributed by atoms with Gasteiger partial charge in [0, 0.05) is 30.8 Å². The number of hydrogen-bond acceptors (Lipinski definition) is 6. The summed E-state index contributed by atoms with van der Waals surface area (Å²) in [5.74, 6) is -0.534. The summed E-state index contributed by atoms with van der Waals surface area (Å²) in [4.78, 5) is 22.8. The topological polar surface area (TPSA) is 122 Å². The molecule has 0 saturated carbocycles. The van der Waals surface area contributed by atoms with Crippen molar-refractivity contribution in [3.63, 3.8) is 0 Å². The van der Waals surface area contributed by atoms with Gasteiger partial charge < -0.3 is 0 Å². The standard InChI is InChI=1S/C20H22N4O5S/c1-15(16-8-10-18(11-9-16)24(26)27)21-22-20(25)17-6-5-7-19(14-17)30(28,29)23-12-3-2-4-13-23/h5-11,14,21H,1-4,12-13H2,(H,22,25). The number of hydrogen-bond donors (Lipinski definition) is 2. The van der Waals surface area contributed by atoms with Gasteiger partial charge in [-0.3, -0.25) is 25.8 Å². The zero-order chi connectivity index (χ0) is 21.7. The van der Waals surface area contributed by atoms with Gasteiger partial charge in [-0.15, -0.1) is 0 Å². The lowest BCUT2D eigenvalue weighted by Gasteiger charge is -2.26. The molecule has 0 aromatic heterocycles. The lowest BCUT2D eigenvalue weighted by atomic mass is 10.1. The highest BCUT2D eigenvalue weighted by Gasteiger charge is 2.26. The summed E-state index contributed by atoms with van der Waals surface area (Å²) in [5.41, 5.74) is 6.12. The third-order valence-corrected chi connectivity index (χ3v) is 6.70. The van der Waals surface area contributed by atoms with Crippen molar-refractivity contribution in [2.75, 3.05) is 13.1 Å². The maximum atomic E-state index is 12.8. The van der Waals surface area contributed by atoms with E-state index in [0.717, 1.165) is 19.3 Å². The Hall–Kier alpha value is -3.24. The highest BCUT2D eigenvalue weighted by molar-refractivity contribution is 7.89. The lowest BCUT2D eigenvalue weighted by molar-refractivity contribution is -0.384. The molecule has 0 unspecified atom stereocenters. The SMILES string of the molecule is C=C(NNC(=O)c1cccc(S(=O)(=O)N2CCCCC2)c1)c1ccc([N+](=O)[O-])cc1. The Morgan fingerprint density at radius 2 is 1.67 bits per heavy atom. The number of nitrogens with one attached hydrogen (secondary N) is 2. The van der Waals surface area contributed by atoms with Crippen molar-refractivity contribution in [1.29, 1.82) is 0 Å². The number of piperidine rings is 1. The Morgan fingerprint density at radius 1 is 1.00 bits per heavy atom. The second kappa shape index (κ2) is 9.06. The van der Waals surface area contributed by atoms with Crippen LogP contribution in [0.4, 0.5) is 5.69 Å². The molecule has 1 amide bonds. The normalized spacial score (nSPS) is 14.7. The van der Waals surface area contributed by atoms with Gasteiger partial charge in [0.05, 0.1) is 15.5 Å². The first-order valence-corrected chi connectivity index (χ1v) is 10.8. The summed E-state index contributed by atoms with van der Waals surface area (Å²) >= 11 is 0. The average molecular weight is 430 g/mol. The fraction of sp³-hybridized carbons (Fsp3) is 0.250. The zero-order valence-corrected chi connectivity index (χ0v) is 17.0. The first-order chi connectivity index (χ1) is 14.3. The van der Waals surface area contributed by atoms with Gasteiger partial charge in [0.25, 0.3) is 11.6 Å². The van der Waals surface area contributed by atoms with Crippen LogP contribution in [0.1, 0.15) is 35.2 Å². The van der Waals surface area contributed by atoms with Crippen LogP contribution in [0.5, 0.6) is 0 Å². The molecule has 1 aliphatic rings. The number of benzene rings is 2. The van der Waals surface area contributed by atoms with E-state index in [1.165, 1.54) is 52.8 Å². The van der Waals surface area contributed by atoms with Crippen molar-refractivity contribution in [2.24, 2.45) is 0 Å². The molecular formula is C20H22N4O5S. The van der Waals surface area contributed by atoms with E-state index in [4.69, 9.17) is 0 Å². The van der Waals surface area contributed by atoms with Gasteiger partial charge in [0.2, 0.25) is 10.0 Å². The minimum absolute atomic E-state index is 0.0534. The minimum atomic E-state index is -3.64. The van der Waals surface area contributed by atoms with Crippen LogP contribution in [-0.4, -0.2) is 36.6 Å². The fourth-order valence-electron chi connectivity index (χ4n) is 3.11. The highest BCUT2D eigenvalue weighted by Crippen LogP contribution is 2.21. The maximum Gasteiger partial charge on any atom is 0.269 e. The molecule has 0 spiro atoms. The zero-order valence-electron chi connectivity index (χ0n) is 16.2. The Morgan fingerprint density at radius 3 is 2.30 bits per heavy atom. The third kappa shape index (κ3) is 4.84. The van der Waals surface area contributed by atoms with Gasteiger partial charge in [0.15, 0.2) is 0 Å². The van der Waals surface area contributed by atoms with E-state index >= 15 is 0 Å². The predicted molar refractivity (Wildman–Crippen MR) is 112 cm³/mol. The number of nitro benzene ring substituents is 1. The monoisotopic (exact) mass is 430 g/mol. The minimum Gasteiger partial charge on any atom is -0.298 e. The Kier molecular flexibility index (Phi) is 6.48. The Labute approximate surface area is 174 Å². The molecule has 158 valence electrons. The number of hydrazine groups is 1. The molecule has 1 aliphatic heterocycles.